The SMILES string of the molecule is Nc1ncc([N+](=O)[O-])cc1C(=O)N(CC(F)(F)F)C1CC1. The van der Waals surface area contributed by atoms with Crippen LogP contribution in [0.15, 0.2) is 12.3 Å². The van der Waals surface area contributed by atoms with Crippen molar-refractivity contribution in [1.29, 1.82) is 0 Å². The first-order valence-electron chi connectivity index (χ1n) is 5.96. The van der Waals surface area contributed by atoms with Crippen molar-refractivity contribution in [3.8, 4) is 0 Å². The van der Waals surface area contributed by atoms with Crippen molar-refractivity contribution in [1.82, 2.24) is 9.88 Å². The van der Waals surface area contributed by atoms with E-state index >= 15 is 0 Å². The summed E-state index contributed by atoms with van der Waals surface area (Å²) in [6.07, 6.45) is -2.79. The van der Waals surface area contributed by atoms with Gasteiger partial charge < -0.3 is 10.6 Å². The van der Waals surface area contributed by atoms with Gasteiger partial charge in [-0.1, -0.05) is 0 Å². The number of nitrogen functional groups attached to an aromatic ring is 1. The van der Waals surface area contributed by atoms with Gasteiger partial charge in [0.25, 0.3) is 11.6 Å². The van der Waals surface area contributed by atoms with E-state index in [-0.39, 0.29) is 11.4 Å². The number of aromatic nitrogens is 1. The molecule has 2 rings (SSSR count). The molecular formula is C11H11F3N4O3. The zero-order valence-corrected chi connectivity index (χ0v) is 10.6. The van der Waals surface area contributed by atoms with Crippen LogP contribution in [0.25, 0.3) is 0 Å². The minimum atomic E-state index is -4.55. The van der Waals surface area contributed by atoms with Crippen LogP contribution in [0.1, 0.15) is 23.2 Å². The van der Waals surface area contributed by atoms with Gasteiger partial charge in [-0.3, -0.25) is 14.9 Å². The van der Waals surface area contributed by atoms with Gasteiger partial charge in [0.2, 0.25) is 0 Å². The third-order valence-electron chi connectivity index (χ3n) is 2.94. The number of carbonyl (C=O) groups excluding carboxylic acids is 1. The molecule has 0 saturated heterocycles. The number of amides is 1. The highest BCUT2D eigenvalue weighted by Crippen LogP contribution is 2.32. The maximum atomic E-state index is 12.5. The predicted molar refractivity (Wildman–Crippen MR) is 65.4 cm³/mol. The zero-order chi connectivity index (χ0) is 15.8. The van der Waals surface area contributed by atoms with E-state index in [0.717, 1.165) is 12.3 Å². The van der Waals surface area contributed by atoms with Crippen molar-refractivity contribution >= 4 is 17.4 Å². The van der Waals surface area contributed by atoms with Gasteiger partial charge in [0.15, 0.2) is 0 Å². The third kappa shape index (κ3) is 3.58. The minimum absolute atomic E-state index is 0.335. The second kappa shape index (κ2) is 5.19. The summed E-state index contributed by atoms with van der Waals surface area (Å²) in [6.45, 7) is -1.42. The highest BCUT2D eigenvalue weighted by atomic mass is 19.4. The number of halogens is 3. The Kier molecular flexibility index (Phi) is 3.71. The van der Waals surface area contributed by atoms with Crippen molar-refractivity contribution in [2.24, 2.45) is 0 Å². The van der Waals surface area contributed by atoms with Gasteiger partial charge in [-0.05, 0) is 12.8 Å². The smallest absolute Gasteiger partial charge is 0.383 e. The molecule has 2 N–H and O–H groups in total. The zero-order valence-electron chi connectivity index (χ0n) is 10.6. The number of anilines is 1. The van der Waals surface area contributed by atoms with Crippen molar-refractivity contribution in [2.45, 2.75) is 25.1 Å². The Bertz CT molecular complexity index is 587. The molecule has 10 heteroatoms. The first-order valence-corrected chi connectivity index (χ1v) is 5.96. The minimum Gasteiger partial charge on any atom is -0.383 e. The van der Waals surface area contributed by atoms with Crippen molar-refractivity contribution in [3.05, 3.63) is 27.9 Å². The van der Waals surface area contributed by atoms with Crippen LogP contribution in [-0.2, 0) is 0 Å². The molecule has 1 aliphatic rings. The van der Waals surface area contributed by atoms with Gasteiger partial charge in [-0.2, -0.15) is 13.2 Å². The van der Waals surface area contributed by atoms with Crippen LogP contribution >= 0.6 is 0 Å². The highest BCUT2D eigenvalue weighted by Gasteiger charge is 2.41. The number of alkyl halides is 3. The summed E-state index contributed by atoms with van der Waals surface area (Å²) in [6, 6.07) is 0.328. The van der Waals surface area contributed by atoms with Gasteiger partial charge in [-0.25, -0.2) is 4.98 Å². The summed E-state index contributed by atoms with van der Waals surface area (Å²) >= 11 is 0. The monoisotopic (exact) mass is 304 g/mol. The summed E-state index contributed by atoms with van der Waals surface area (Å²) in [5.41, 5.74) is 4.56. The number of carbonyl (C=O) groups is 1. The molecule has 7 nitrogen and oxygen atoms in total. The molecule has 0 aromatic carbocycles. The van der Waals surface area contributed by atoms with Crippen LogP contribution in [0.2, 0.25) is 0 Å². The molecule has 114 valence electrons. The number of hydrogen-bond donors (Lipinski definition) is 1. The molecule has 1 heterocycles. The van der Waals surface area contributed by atoms with Gasteiger partial charge in [0.05, 0.1) is 10.5 Å². The maximum Gasteiger partial charge on any atom is 0.406 e. The molecule has 0 aliphatic heterocycles. The average molecular weight is 304 g/mol. The molecule has 0 bridgehead atoms. The lowest BCUT2D eigenvalue weighted by atomic mass is 10.2. The number of rotatable bonds is 4. The Hall–Kier alpha value is -2.39. The predicted octanol–water partition coefficient (Wildman–Crippen LogP) is 1.74. The van der Waals surface area contributed by atoms with Gasteiger partial charge in [0, 0.05) is 12.1 Å². The van der Waals surface area contributed by atoms with E-state index in [2.05, 4.69) is 4.98 Å². The lowest BCUT2D eigenvalue weighted by molar-refractivity contribution is -0.385. The second-order valence-corrected chi connectivity index (χ2v) is 4.66. The number of nitrogens with zero attached hydrogens (tertiary/aromatic N) is 3. The second-order valence-electron chi connectivity index (χ2n) is 4.66. The van der Waals surface area contributed by atoms with E-state index in [9.17, 15) is 28.1 Å². The quantitative estimate of drug-likeness (QED) is 0.674. The van der Waals surface area contributed by atoms with Gasteiger partial charge >= 0.3 is 6.18 Å². The number of nitro groups is 1. The Balaban J connectivity index is 2.32. The molecule has 1 amide bonds. The average Bonchev–Trinajstić information content (AvgIpc) is 3.18. The molecule has 0 atom stereocenters. The van der Waals surface area contributed by atoms with Crippen LogP contribution in [0.5, 0.6) is 0 Å². The summed E-state index contributed by atoms with van der Waals surface area (Å²) < 4.78 is 37.6. The fourth-order valence-electron chi connectivity index (χ4n) is 1.84. The van der Waals surface area contributed by atoms with E-state index in [0.29, 0.717) is 17.7 Å². The lowest BCUT2D eigenvalue weighted by Gasteiger charge is -2.24. The Morgan fingerprint density at radius 3 is 2.62 bits per heavy atom. The van der Waals surface area contributed by atoms with E-state index < -0.39 is 35.3 Å². The number of pyridine rings is 1. The fraction of sp³-hybridized carbons (Fsp3) is 0.455. The number of hydrogen-bond acceptors (Lipinski definition) is 5. The summed E-state index contributed by atoms with van der Waals surface area (Å²) in [4.78, 5) is 26.2. The van der Waals surface area contributed by atoms with Gasteiger partial charge in [-0.15, -0.1) is 0 Å². The Morgan fingerprint density at radius 1 is 1.52 bits per heavy atom. The van der Waals surface area contributed by atoms with Crippen molar-refractivity contribution < 1.29 is 22.9 Å². The Labute approximate surface area is 116 Å². The molecule has 1 fully saturated rings. The van der Waals surface area contributed by atoms with E-state index in [4.69, 9.17) is 5.73 Å². The van der Waals surface area contributed by atoms with E-state index in [1.807, 2.05) is 0 Å². The lowest BCUT2D eigenvalue weighted by Crippen LogP contribution is -2.40. The molecule has 1 aliphatic carbocycles. The van der Waals surface area contributed by atoms with Crippen LogP contribution in [-0.4, -0.2) is 39.5 Å². The number of nitrogens with two attached hydrogens (primary N) is 1. The Morgan fingerprint density at radius 2 is 2.14 bits per heavy atom. The molecule has 0 radical (unpaired) electrons. The molecule has 1 saturated carbocycles. The molecule has 0 unspecified atom stereocenters. The van der Waals surface area contributed by atoms with Crippen molar-refractivity contribution in [2.75, 3.05) is 12.3 Å². The largest absolute Gasteiger partial charge is 0.406 e. The van der Waals surface area contributed by atoms with Crippen LogP contribution in [0, 0.1) is 10.1 Å². The fourth-order valence-corrected chi connectivity index (χ4v) is 1.84. The van der Waals surface area contributed by atoms with Crippen molar-refractivity contribution in [3.63, 3.8) is 0 Å². The third-order valence-corrected chi connectivity index (χ3v) is 2.94. The first-order chi connectivity index (χ1) is 9.69. The summed E-state index contributed by atoms with van der Waals surface area (Å²) in [5, 5.41) is 10.7. The normalized spacial score (nSPS) is 14.8. The standard InChI is InChI=1S/C11H11F3N4O3/c12-11(13,14)5-17(6-1-2-6)10(19)8-3-7(18(20)21)4-16-9(8)15/h3-4,6H,1-2,5H2,(H2,15,16). The molecule has 21 heavy (non-hydrogen) atoms. The summed E-state index contributed by atoms with van der Waals surface area (Å²) in [7, 11) is 0. The summed E-state index contributed by atoms with van der Waals surface area (Å²) in [5.74, 6) is -1.33. The first kappa shape index (κ1) is 15.0. The van der Waals surface area contributed by atoms with Crippen LogP contribution < -0.4 is 5.73 Å². The molecule has 1 aromatic heterocycles. The topological polar surface area (TPSA) is 102 Å². The highest BCUT2D eigenvalue weighted by molar-refractivity contribution is 5.99. The van der Waals surface area contributed by atoms with E-state index in [1.54, 1.807) is 0 Å². The molecular weight excluding hydrogens is 293 g/mol. The van der Waals surface area contributed by atoms with E-state index in [1.165, 1.54) is 0 Å². The maximum absolute atomic E-state index is 12.5. The molecule has 1 aromatic rings. The van der Waals surface area contributed by atoms with Gasteiger partial charge in [0.1, 0.15) is 18.6 Å². The molecule has 0 spiro atoms. The van der Waals surface area contributed by atoms with Crippen LogP contribution in [0.4, 0.5) is 24.7 Å². The van der Waals surface area contributed by atoms with Crippen LogP contribution in [0.3, 0.4) is 0 Å².